The number of esters is 1. The van der Waals surface area contributed by atoms with E-state index >= 15 is 0 Å². The molecule has 0 atom stereocenters. The first kappa shape index (κ1) is 15.5. The summed E-state index contributed by atoms with van der Waals surface area (Å²) in [6.07, 6.45) is 2.40. The van der Waals surface area contributed by atoms with E-state index in [4.69, 9.17) is 16.3 Å². The molecular weight excluding hydrogens is 298 g/mol. The maximum atomic E-state index is 11.5. The van der Waals surface area contributed by atoms with E-state index < -0.39 is 5.97 Å². The molecule has 112 valence electrons. The number of ether oxygens (including phenoxy) is 1. The Bertz CT molecular complexity index is 472. The Morgan fingerprint density at radius 2 is 2.20 bits per heavy atom. The van der Waals surface area contributed by atoms with Crippen LogP contribution in [0.25, 0.3) is 0 Å². The number of hydrogen-bond acceptors (Lipinski definition) is 6. The number of piperidine rings is 1. The minimum absolute atomic E-state index is 0.229. The normalized spacial score (nSPS) is 17.2. The van der Waals surface area contributed by atoms with E-state index in [2.05, 4.69) is 21.8 Å². The summed E-state index contributed by atoms with van der Waals surface area (Å²) in [6, 6.07) is 0. The van der Waals surface area contributed by atoms with Crippen LogP contribution in [0.2, 0.25) is 5.15 Å². The molecule has 20 heavy (non-hydrogen) atoms. The molecule has 0 bridgehead atoms. The van der Waals surface area contributed by atoms with Crippen LogP contribution in [0.5, 0.6) is 0 Å². The molecule has 2 heterocycles. The van der Waals surface area contributed by atoms with Crippen molar-refractivity contribution in [3.8, 4) is 0 Å². The zero-order chi connectivity index (χ0) is 14.7. The summed E-state index contributed by atoms with van der Waals surface area (Å²) in [5.74, 6) is 0.242. The summed E-state index contributed by atoms with van der Waals surface area (Å²) in [6.45, 7) is 3.23. The van der Waals surface area contributed by atoms with Gasteiger partial charge in [-0.15, -0.1) is 0 Å². The number of hydrogen-bond donors (Lipinski definition) is 0. The van der Waals surface area contributed by atoms with Gasteiger partial charge in [0.25, 0.3) is 0 Å². The lowest BCUT2D eigenvalue weighted by atomic mass is 9.97. The molecule has 0 amide bonds. The molecule has 0 radical (unpaired) electrons. The van der Waals surface area contributed by atoms with Crippen molar-refractivity contribution in [2.75, 3.05) is 45.7 Å². The maximum absolute atomic E-state index is 11.5. The molecule has 1 aliphatic rings. The average molecular weight is 318 g/mol. The molecule has 0 N–H and O–H groups in total. The van der Waals surface area contributed by atoms with Crippen LogP contribution in [0.3, 0.4) is 0 Å². The molecule has 1 aromatic rings. The second-order valence-electron chi connectivity index (χ2n) is 5.24. The molecule has 0 spiro atoms. The first-order valence-electron chi connectivity index (χ1n) is 6.65. The number of anilines is 1. The van der Waals surface area contributed by atoms with Crippen molar-refractivity contribution in [3.05, 3.63) is 10.0 Å². The van der Waals surface area contributed by atoms with Gasteiger partial charge in [0.2, 0.25) is 0 Å². The van der Waals surface area contributed by atoms with E-state index in [-0.39, 0.29) is 5.15 Å². The van der Waals surface area contributed by atoms with Gasteiger partial charge in [0.15, 0.2) is 15.2 Å². The van der Waals surface area contributed by atoms with E-state index in [9.17, 15) is 4.79 Å². The van der Waals surface area contributed by atoms with Crippen molar-refractivity contribution in [2.24, 2.45) is 5.92 Å². The number of thiazole rings is 1. The van der Waals surface area contributed by atoms with Crippen LogP contribution in [0.15, 0.2) is 0 Å². The van der Waals surface area contributed by atoms with Gasteiger partial charge in [-0.2, -0.15) is 0 Å². The third-order valence-corrected chi connectivity index (χ3v) is 5.18. The summed E-state index contributed by atoms with van der Waals surface area (Å²) in [5, 5.41) is 1.00. The van der Waals surface area contributed by atoms with Gasteiger partial charge in [0.05, 0.1) is 7.11 Å². The third kappa shape index (κ3) is 3.62. The summed E-state index contributed by atoms with van der Waals surface area (Å²) < 4.78 is 4.69. The van der Waals surface area contributed by atoms with E-state index in [0.29, 0.717) is 10.8 Å². The molecule has 0 saturated carbocycles. The molecule has 1 saturated heterocycles. The van der Waals surface area contributed by atoms with Crippen molar-refractivity contribution in [2.45, 2.75) is 12.8 Å². The van der Waals surface area contributed by atoms with Crippen molar-refractivity contribution < 1.29 is 9.53 Å². The van der Waals surface area contributed by atoms with Gasteiger partial charge in [-0.3, -0.25) is 0 Å². The minimum Gasteiger partial charge on any atom is -0.465 e. The Morgan fingerprint density at radius 1 is 1.55 bits per heavy atom. The zero-order valence-corrected chi connectivity index (χ0v) is 13.6. The fourth-order valence-electron chi connectivity index (χ4n) is 2.38. The number of nitrogens with zero attached hydrogens (tertiary/aromatic N) is 3. The van der Waals surface area contributed by atoms with Crippen molar-refractivity contribution >= 4 is 34.0 Å². The number of carbonyl (C=O) groups is 1. The summed E-state index contributed by atoms with van der Waals surface area (Å²) in [4.78, 5) is 20.6. The van der Waals surface area contributed by atoms with E-state index in [1.54, 1.807) is 0 Å². The van der Waals surface area contributed by atoms with Crippen LogP contribution in [0.1, 0.15) is 22.5 Å². The lowest BCUT2D eigenvalue weighted by Crippen LogP contribution is -2.35. The number of rotatable bonds is 4. The zero-order valence-electron chi connectivity index (χ0n) is 12.1. The van der Waals surface area contributed by atoms with Crippen LogP contribution in [0.4, 0.5) is 5.13 Å². The van der Waals surface area contributed by atoms with E-state index in [1.807, 2.05) is 7.05 Å². The van der Waals surface area contributed by atoms with Crippen LogP contribution in [-0.4, -0.2) is 56.7 Å². The minimum atomic E-state index is -0.425. The highest BCUT2D eigenvalue weighted by atomic mass is 35.5. The quantitative estimate of drug-likeness (QED) is 0.798. The number of aromatic nitrogens is 1. The lowest BCUT2D eigenvalue weighted by molar-refractivity contribution is 0.0606. The Kier molecular flexibility index (Phi) is 5.23. The Labute approximate surface area is 128 Å². The standard InChI is InChI=1S/C13H20ClN3O2S/c1-16-6-4-9(5-7-16)8-17(2)13-15-11(14)10(20-13)12(18)19-3/h9H,4-8H2,1-3H3. The van der Waals surface area contributed by atoms with Gasteiger partial charge in [-0.05, 0) is 38.9 Å². The van der Waals surface area contributed by atoms with Gasteiger partial charge in [-0.25, -0.2) is 9.78 Å². The van der Waals surface area contributed by atoms with Crippen LogP contribution in [-0.2, 0) is 4.74 Å². The molecular formula is C13H20ClN3O2S. The molecule has 0 unspecified atom stereocenters. The molecule has 1 aliphatic heterocycles. The molecule has 5 nitrogen and oxygen atoms in total. The largest absolute Gasteiger partial charge is 0.465 e. The molecule has 7 heteroatoms. The van der Waals surface area contributed by atoms with Gasteiger partial charge < -0.3 is 14.5 Å². The highest BCUT2D eigenvalue weighted by Crippen LogP contribution is 2.30. The topological polar surface area (TPSA) is 45.7 Å². The van der Waals surface area contributed by atoms with Gasteiger partial charge in [0.1, 0.15) is 0 Å². The SMILES string of the molecule is COC(=O)c1sc(N(C)CC2CCN(C)CC2)nc1Cl. The van der Waals surface area contributed by atoms with Gasteiger partial charge >= 0.3 is 5.97 Å². The highest BCUT2D eigenvalue weighted by molar-refractivity contribution is 7.18. The first-order valence-corrected chi connectivity index (χ1v) is 7.85. The fourth-order valence-corrected chi connectivity index (χ4v) is 3.55. The lowest BCUT2D eigenvalue weighted by Gasteiger charge is -2.31. The monoisotopic (exact) mass is 317 g/mol. The first-order chi connectivity index (χ1) is 9.51. The third-order valence-electron chi connectivity index (χ3n) is 3.64. The molecule has 0 aromatic carbocycles. The van der Waals surface area contributed by atoms with Crippen LogP contribution in [0, 0.1) is 5.92 Å². The number of carbonyl (C=O) groups excluding carboxylic acids is 1. The predicted octanol–water partition coefficient (Wildman–Crippen LogP) is 2.36. The van der Waals surface area contributed by atoms with E-state index in [0.717, 1.165) is 24.8 Å². The second-order valence-corrected chi connectivity index (χ2v) is 6.57. The van der Waals surface area contributed by atoms with Crippen LogP contribution >= 0.6 is 22.9 Å². The molecule has 2 rings (SSSR count). The number of likely N-dealkylation sites (tertiary alicyclic amines) is 1. The van der Waals surface area contributed by atoms with Gasteiger partial charge in [-0.1, -0.05) is 22.9 Å². The summed E-state index contributed by atoms with van der Waals surface area (Å²) >= 11 is 7.28. The second kappa shape index (κ2) is 6.74. The summed E-state index contributed by atoms with van der Waals surface area (Å²) in [7, 11) is 5.50. The van der Waals surface area contributed by atoms with Crippen molar-refractivity contribution in [1.82, 2.24) is 9.88 Å². The molecule has 1 fully saturated rings. The van der Waals surface area contributed by atoms with Crippen LogP contribution < -0.4 is 4.90 Å². The Hall–Kier alpha value is -0.850. The van der Waals surface area contributed by atoms with Crippen molar-refractivity contribution in [1.29, 1.82) is 0 Å². The summed E-state index contributed by atoms with van der Waals surface area (Å²) in [5.41, 5.74) is 0. The Balaban J connectivity index is 1.99. The van der Waals surface area contributed by atoms with E-state index in [1.165, 1.54) is 31.3 Å². The van der Waals surface area contributed by atoms with Crippen molar-refractivity contribution in [3.63, 3.8) is 0 Å². The molecule has 1 aromatic heterocycles. The maximum Gasteiger partial charge on any atom is 0.351 e. The predicted molar refractivity (Wildman–Crippen MR) is 82.0 cm³/mol. The number of methoxy groups -OCH3 is 1. The van der Waals surface area contributed by atoms with Gasteiger partial charge in [0, 0.05) is 13.6 Å². The Morgan fingerprint density at radius 3 is 2.80 bits per heavy atom. The number of halogens is 1. The fraction of sp³-hybridized carbons (Fsp3) is 0.692. The average Bonchev–Trinajstić information content (AvgIpc) is 2.82. The highest BCUT2D eigenvalue weighted by Gasteiger charge is 2.22. The smallest absolute Gasteiger partial charge is 0.351 e. The molecule has 0 aliphatic carbocycles.